The summed E-state index contributed by atoms with van der Waals surface area (Å²) in [5.74, 6) is 0.763. The van der Waals surface area contributed by atoms with Gasteiger partial charge in [0.15, 0.2) is 5.78 Å². The van der Waals surface area contributed by atoms with Crippen molar-refractivity contribution in [3.8, 4) is 10.6 Å². The van der Waals surface area contributed by atoms with Crippen LogP contribution >= 0.6 is 23.1 Å². The third kappa shape index (κ3) is 2.40. The molecule has 3 rings (SSSR count). The minimum absolute atomic E-state index is 0.149. The van der Waals surface area contributed by atoms with E-state index in [2.05, 4.69) is 4.98 Å². The number of aryl methyl sites for hydroxylation is 1. The zero-order chi connectivity index (χ0) is 14.1. The molecule has 1 aromatic carbocycles. The van der Waals surface area contributed by atoms with Crippen molar-refractivity contribution in [2.24, 2.45) is 0 Å². The number of ketones is 1. The van der Waals surface area contributed by atoms with Crippen LogP contribution in [0.2, 0.25) is 0 Å². The van der Waals surface area contributed by atoms with E-state index < -0.39 is 0 Å². The number of benzene rings is 1. The molecule has 0 saturated heterocycles. The van der Waals surface area contributed by atoms with Gasteiger partial charge in [-0.3, -0.25) is 4.79 Å². The molecule has 0 radical (unpaired) electrons. The predicted octanol–water partition coefficient (Wildman–Crippen LogP) is 4.58. The normalized spacial score (nSPS) is 14.4. The third-order valence-corrected chi connectivity index (χ3v) is 5.35. The van der Waals surface area contributed by atoms with Gasteiger partial charge >= 0.3 is 0 Å². The van der Waals surface area contributed by atoms with Crippen LogP contribution in [0.1, 0.15) is 35.1 Å². The Morgan fingerprint density at radius 3 is 3.00 bits per heavy atom. The van der Waals surface area contributed by atoms with Crippen molar-refractivity contribution in [2.45, 2.75) is 31.1 Å². The molecule has 0 amide bonds. The van der Waals surface area contributed by atoms with Crippen LogP contribution in [0.4, 0.5) is 4.39 Å². The van der Waals surface area contributed by atoms with Gasteiger partial charge < -0.3 is 0 Å². The predicted molar refractivity (Wildman–Crippen MR) is 81.2 cm³/mol. The van der Waals surface area contributed by atoms with E-state index in [1.807, 2.05) is 13.0 Å². The van der Waals surface area contributed by atoms with Gasteiger partial charge in [-0.2, -0.15) is 0 Å². The summed E-state index contributed by atoms with van der Waals surface area (Å²) >= 11 is 2.94. The molecule has 0 spiro atoms. The van der Waals surface area contributed by atoms with E-state index in [4.69, 9.17) is 0 Å². The van der Waals surface area contributed by atoms with E-state index in [-0.39, 0.29) is 11.6 Å². The number of thiazole rings is 1. The minimum atomic E-state index is -0.262. The molecular weight excluding hydrogens is 293 g/mol. The molecule has 0 saturated carbocycles. The van der Waals surface area contributed by atoms with Crippen LogP contribution in [0.25, 0.3) is 10.6 Å². The number of hydrogen-bond donors (Lipinski definition) is 0. The second kappa shape index (κ2) is 5.66. The van der Waals surface area contributed by atoms with Crippen molar-refractivity contribution in [1.82, 2.24) is 4.98 Å². The number of hydrogen-bond acceptors (Lipinski definition) is 4. The van der Waals surface area contributed by atoms with Crippen molar-refractivity contribution in [2.75, 3.05) is 5.75 Å². The lowest BCUT2D eigenvalue weighted by molar-refractivity contribution is 0.0976. The van der Waals surface area contributed by atoms with Crippen LogP contribution in [-0.4, -0.2) is 16.5 Å². The lowest BCUT2D eigenvalue weighted by Crippen LogP contribution is -2.07. The molecule has 2 aromatic rings. The molecule has 0 atom stereocenters. The monoisotopic (exact) mass is 307 g/mol. The average Bonchev–Trinajstić information content (AvgIpc) is 2.84. The van der Waals surface area contributed by atoms with Gasteiger partial charge in [0, 0.05) is 11.3 Å². The quantitative estimate of drug-likeness (QED) is 0.777. The van der Waals surface area contributed by atoms with Crippen molar-refractivity contribution in [3.63, 3.8) is 0 Å². The summed E-state index contributed by atoms with van der Waals surface area (Å²) in [4.78, 5) is 18.0. The molecule has 0 aliphatic heterocycles. The number of halogens is 1. The summed E-state index contributed by atoms with van der Waals surface area (Å²) in [7, 11) is 0. The highest BCUT2D eigenvalue weighted by atomic mass is 32.2. The van der Waals surface area contributed by atoms with Crippen LogP contribution in [0.15, 0.2) is 23.1 Å². The largest absolute Gasteiger partial charge is 0.293 e. The second-order valence-electron chi connectivity index (χ2n) is 4.62. The molecule has 0 bridgehead atoms. The van der Waals surface area contributed by atoms with Gasteiger partial charge in [0.1, 0.15) is 10.8 Å². The van der Waals surface area contributed by atoms with Crippen LogP contribution < -0.4 is 0 Å². The Kier molecular flexibility index (Phi) is 3.89. The number of carbonyl (C=O) groups excluding carboxylic acids is 1. The fourth-order valence-corrected chi connectivity index (χ4v) is 4.39. The molecule has 0 unspecified atom stereocenters. The third-order valence-electron chi connectivity index (χ3n) is 3.26. The summed E-state index contributed by atoms with van der Waals surface area (Å²) in [6, 6.07) is 5.08. The summed E-state index contributed by atoms with van der Waals surface area (Å²) in [6.45, 7) is 2.04. The first-order chi connectivity index (χ1) is 9.70. The first-order valence-electron chi connectivity index (χ1n) is 6.65. The Balaban J connectivity index is 2.12. The number of fused-ring (bicyclic) bond motifs is 1. The Hall–Kier alpha value is -1.20. The molecule has 0 fully saturated rings. The minimum Gasteiger partial charge on any atom is -0.293 e. The number of carbonyl (C=O) groups is 1. The van der Waals surface area contributed by atoms with Crippen molar-refractivity contribution >= 4 is 28.9 Å². The van der Waals surface area contributed by atoms with Gasteiger partial charge in [-0.25, -0.2) is 9.37 Å². The SMILES string of the molecule is CCSc1cccc(F)c1-c1nc2c(s1)C(=O)CCC2. The first-order valence-corrected chi connectivity index (χ1v) is 8.45. The maximum absolute atomic E-state index is 14.2. The standard InChI is InChI=1S/C15H14FNOS2/c1-2-19-12-8-3-5-9(16)13(12)15-17-10-6-4-7-11(18)14(10)20-15/h3,5,8H,2,4,6-7H2,1H3. The number of nitrogens with zero attached hydrogens (tertiary/aromatic N) is 1. The van der Waals surface area contributed by atoms with Gasteiger partial charge in [-0.05, 0) is 30.7 Å². The Morgan fingerprint density at radius 2 is 2.25 bits per heavy atom. The van der Waals surface area contributed by atoms with Gasteiger partial charge in [-0.1, -0.05) is 13.0 Å². The van der Waals surface area contributed by atoms with Gasteiger partial charge in [0.2, 0.25) is 0 Å². The maximum Gasteiger partial charge on any atom is 0.174 e. The fourth-order valence-electron chi connectivity index (χ4n) is 2.36. The molecule has 0 N–H and O–H groups in total. The fraction of sp³-hybridized carbons (Fsp3) is 0.333. The number of rotatable bonds is 3. The maximum atomic E-state index is 14.2. The lowest BCUT2D eigenvalue weighted by atomic mass is 10.0. The molecule has 1 aliphatic carbocycles. The van der Waals surface area contributed by atoms with E-state index in [1.165, 1.54) is 17.4 Å². The lowest BCUT2D eigenvalue weighted by Gasteiger charge is -2.06. The summed E-state index contributed by atoms with van der Waals surface area (Å²) in [5, 5.41) is 0.638. The highest BCUT2D eigenvalue weighted by Crippen LogP contribution is 2.38. The highest BCUT2D eigenvalue weighted by molar-refractivity contribution is 7.99. The highest BCUT2D eigenvalue weighted by Gasteiger charge is 2.24. The van der Waals surface area contributed by atoms with Gasteiger partial charge in [0.25, 0.3) is 0 Å². The van der Waals surface area contributed by atoms with E-state index in [0.29, 0.717) is 17.0 Å². The van der Waals surface area contributed by atoms with Gasteiger partial charge in [-0.15, -0.1) is 23.1 Å². The second-order valence-corrected chi connectivity index (χ2v) is 6.92. The van der Waals surface area contributed by atoms with Crippen molar-refractivity contribution < 1.29 is 9.18 Å². The van der Waals surface area contributed by atoms with E-state index in [1.54, 1.807) is 17.8 Å². The van der Waals surface area contributed by atoms with E-state index in [9.17, 15) is 9.18 Å². The Labute approximate surface area is 125 Å². The first kappa shape index (κ1) is 13.8. The van der Waals surface area contributed by atoms with E-state index >= 15 is 0 Å². The number of aromatic nitrogens is 1. The molecule has 1 heterocycles. The van der Waals surface area contributed by atoms with Gasteiger partial charge in [0.05, 0.1) is 16.1 Å². The average molecular weight is 307 g/mol. The summed E-state index contributed by atoms with van der Waals surface area (Å²) in [6.07, 6.45) is 2.26. The molecule has 1 aliphatic rings. The Morgan fingerprint density at radius 1 is 1.40 bits per heavy atom. The number of Topliss-reactive ketones (excluding diaryl/α,β-unsaturated/α-hetero) is 1. The van der Waals surface area contributed by atoms with E-state index in [0.717, 1.165) is 34.1 Å². The topological polar surface area (TPSA) is 30.0 Å². The van der Waals surface area contributed by atoms with Crippen LogP contribution in [0.5, 0.6) is 0 Å². The molecule has 104 valence electrons. The van der Waals surface area contributed by atoms with Crippen LogP contribution in [-0.2, 0) is 6.42 Å². The van der Waals surface area contributed by atoms with Crippen LogP contribution in [0, 0.1) is 5.82 Å². The molecule has 20 heavy (non-hydrogen) atoms. The van der Waals surface area contributed by atoms with Crippen LogP contribution in [0.3, 0.4) is 0 Å². The zero-order valence-electron chi connectivity index (χ0n) is 11.1. The molecule has 5 heteroatoms. The molecular formula is C15H14FNOS2. The van der Waals surface area contributed by atoms with Crippen molar-refractivity contribution in [3.05, 3.63) is 34.6 Å². The summed E-state index contributed by atoms with van der Waals surface area (Å²) in [5.41, 5.74) is 1.39. The van der Waals surface area contributed by atoms with Crippen molar-refractivity contribution in [1.29, 1.82) is 0 Å². The molecule has 1 aromatic heterocycles. The smallest absolute Gasteiger partial charge is 0.174 e. The number of thioether (sulfide) groups is 1. The Bertz CT molecular complexity index is 666. The summed E-state index contributed by atoms with van der Waals surface area (Å²) < 4.78 is 14.2. The zero-order valence-corrected chi connectivity index (χ0v) is 12.7. The molecule has 2 nitrogen and oxygen atoms in total.